The van der Waals surface area contributed by atoms with Gasteiger partial charge in [-0.3, -0.25) is 0 Å². The molecule has 0 saturated heterocycles. The Morgan fingerprint density at radius 2 is 2.04 bits per heavy atom. The summed E-state index contributed by atoms with van der Waals surface area (Å²) in [6.45, 7) is 4.22. The lowest BCUT2D eigenvalue weighted by molar-refractivity contribution is 0.371. The molecule has 0 atom stereocenters. The van der Waals surface area contributed by atoms with Gasteiger partial charge in [0.15, 0.2) is 16.8 Å². The molecule has 0 bridgehead atoms. The van der Waals surface area contributed by atoms with Crippen LogP contribution in [-0.4, -0.2) is 24.9 Å². The highest BCUT2D eigenvalue weighted by molar-refractivity contribution is 7.98. The minimum absolute atomic E-state index is 0.620. The molecule has 0 radical (unpaired) electrons. The number of hydrogen-bond donors (Lipinski definition) is 0. The SMILES string of the molecule is CCCCc1nc(CSc2nnc(-c3ccccc3C)n2C)no1. The summed E-state index contributed by atoms with van der Waals surface area (Å²) in [6.07, 6.45) is 3.03. The summed E-state index contributed by atoms with van der Waals surface area (Å²) in [5.41, 5.74) is 2.28. The normalized spacial score (nSPS) is 11.1. The minimum Gasteiger partial charge on any atom is -0.339 e. The number of unbranched alkanes of at least 4 members (excludes halogenated alkanes) is 1. The van der Waals surface area contributed by atoms with Crippen LogP contribution in [0.4, 0.5) is 0 Å². The second kappa shape index (κ2) is 7.61. The Hall–Kier alpha value is -2.15. The Morgan fingerprint density at radius 1 is 1.21 bits per heavy atom. The maximum Gasteiger partial charge on any atom is 0.226 e. The van der Waals surface area contributed by atoms with Crippen molar-refractivity contribution in [3.63, 3.8) is 0 Å². The van der Waals surface area contributed by atoms with Crippen LogP contribution in [0.2, 0.25) is 0 Å². The van der Waals surface area contributed by atoms with Crippen LogP contribution in [0.15, 0.2) is 33.9 Å². The van der Waals surface area contributed by atoms with Crippen molar-refractivity contribution in [3.05, 3.63) is 41.5 Å². The topological polar surface area (TPSA) is 69.6 Å². The molecule has 3 aromatic rings. The fourth-order valence-corrected chi connectivity index (χ4v) is 3.16. The van der Waals surface area contributed by atoms with E-state index in [2.05, 4.69) is 46.3 Å². The van der Waals surface area contributed by atoms with Gasteiger partial charge in [-0.15, -0.1) is 10.2 Å². The van der Waals surface area contributed by atoms with Crippen molar-refractivity contribution in [3.8, 4) is 11.4 Å². The molecule has 7 heteroatoms. The maximum atomic E-state index is 5.26. The molecule has 126 valence electrons. The first-order valence-electron chi connectivity index (χ1n) is 8.08. The molecule has 2 heterocycles. The molecule has 24 heavy (non-hydrogen) atoms. The van der Waals surface area contributed by atoms with Crippen LogP contribution in [0.3, 0.4) is 0 Å². The third kappa shape index (κ3) is 3.67. The number of rotatable bonds is 7. The van der Waals surface area contributed by atoms with E-state index in [1.807, 2.05) is 23.7 Å². The highest BCUT2D eigenvalue weighted by Gasteiger charge is 2.14. The van der Waals surface area contributed by atoms with Crippen LogP contribution < -0.4 is 0 Å². The summed E-state index contributed by atoms with van der Waals surface area (Å²) >= 11 is 1.56. The van der Waals surface area contributed by atoms with E-state index in [9.17, 15) is 0 Å². The van der Waals surface area contributed by atoms with Crippen molar-refractivity contribution in [2.24, 2.45) is 7.05 Å². The lowest BCUT2D eigenvalue weighted by atomic mass is 10.1. The number of benzene rings is 1. The molecule has 0 aliphatic rings. The van der Waals surface area contributed by atoms with Crippen LogP contribution in [0.25, 0.3) is 11.4 Å². The van der Waals surface area contributed by atoms with Gasteiger partial charge in [-0.1, -0.05) is 54.5 Å². The Bertz CT molecular complexity index is 811. The molecule has 0 saturated carbocycles. The maximum absolute atomic E-state index is 5.26. The summed E-state index contributed by atoms with van der Waals surface area (Å²) in [6, 6.07) is 8.18. The predicted molar refractivity (Wildman–Crippen MR) is 93.6 cm³/mol. The van der Waals surface area contributed by atoms with Gasteiger partial charge in [0, 0.05) is 19.0 Å². The molecular formula is C17H21N5OS. The van der Waals surface area contributed by atoms with Crippen LogP contribution in [-0.2, 0) is 19.2 Å². The average molecular weight is 343 g/mol. The summed E-state index contributed by atoms with van der Waals surface area (Å²) in [5, 5.41) is 13.5. The summed E-state index contributed by atoms with van der Waals surface area (Å²) in [4.78, 5) is 4.42. The number of aromatic nitrogens is 5. The van der Waals surface area contributed by atoms with E-state index in [1.54, 1.807) is 11.8 Å². The van der Waals surface area contributed by atoms with Gasteiger partial charge in [0.2, 0.25) is 5.89 Å². The zero-order valence-electron chi connectivity index (χ0n) is 14.2. The molecule has 0 aliphatic carbocycles. The number of aryl methyl sites for hydroxylation is 2. The van der Waals surface area contributed by atoms with Crippen molar-refractivity contribution < 1.29 is 4.52 Å². The van der Waals surface area contributed by atoms with E-state index in [-0.39, 0.29) is 0 Å². The van der Waals surface area contributed by atoms with Gasteiger partial charge in [-0.2, -0.15) is 4.98 Å². The molecule has 1 aromatic carbocycles. The lowest BCUT2D eigenvalue weighted by Crippen LogP contribution is -1.96. The van der Waals surface area contributed by atoms with Crippen LogP contribution in [0, 0.1) is 6.92 Å². The first-order chi connectivity index (χ1) is 11.7. The van der Waals surface area contributed by atoms with Crippen molar-refractivity contribution in [1.82, 2.24) is 24.9 Å². The standard InChI is InChI=1S/C17H21N5OS/c1-4-5-10-15-18-14(21-23-15)11-24-17-20-19-16(22(17)3)13-9-7-6-8-12(13)2/h6-9H,4-5,10-11H2,1-3H3. The molecule has 0 aliphatic heterocycles. The predicted octanol–water partition coefficient (Wildman–Crippen LogP) is 3.81. The smallest absolute Gasteiger partial charge is 0.226 e. The summed E-state index contributed by atoms with van der Waals surface area (Å²) < 4.78 is 7.26. The van der Waals surface area contributed by atoms with Crippen molar-refractivity contribution in [2.75, 3.05) is 0 Å². The molecule has 2 aromatic heterocycles. The molecule has 0 amide bonds. The van der Waals surface area contributed by atoms with Crippen LogP contribution in [0.1, 0.15) is 37.0 Å². The van der Waals surface area contributed by atoms with Crippen LogP contribution >= 0.6 is 11.8 Å². The zero-order chi connectivity index (χ0) is 16.9. The Kier molecular flexibility index (Phi) is 5.30. The molecule has 0 spiro atoms. The fraction of sp³-hybridized carbons (Fsp3) is 0.412. The van der Waals surface area contributed by atoms with Gasteiger partial charge in [0.25, 0.3) is 0 Å². The quantitative estimate of drug-likeness (QED) is 0.608. The minimum atomic E-state index is 0.620. The zero-order valence-corrected chi connectivity index (χ0v) is 15.0. The van der Waals surface area contributed by atoms with E-state index < -0.39 is 0 Å². The first-order valence-corrected chi connectivity index (χ1v) is 9.07. The summed E-state index contributed by atoms with van der Waals surface area (Å²) in [5.74, 6) is 2.90. The second-order valence-corrected chi connectivity index (χ2v) is 6.62. The Morgan fingerprint density at radius 3 is 2.83 bits per heavy atom. The molecule has 0 unspecified atom stereocenters. The van der Waals surface area contributed by atoms with Gasteiger partial charge in [-0.25, -0.2) is 0 Å². The van der Waals surface area contributed by atoms with Gasteiger partial charge in [0.1, 0.15) is 0 Å². The van der Waals surface area contributed by atoms with E-state index in [0.717, 1.165) is 35.8 Å². The largest absolute Gasteiger partial charge is 0.339 e. The van der Waals surface area contributed by atoms with Crippen LogP contribution in [0.5, 0.6) is 0 Å². The summed E-state index contributed by atoms with van der Waals surface area (Å²) in [7, 11) is 1.98. The Labute approximate surface area is 145 Å². The Balaban J connectivity index is 1.68. The third-order valence-electron chi connectivity index (χ3n) is 3.81. The number of nitrogens with zero attached hydrogens (tertiary/aromatic N) is 5. The van der Waals surface area contributed by atoms with E-state index in [4.69, 9.17) is 4.52 Å². The first kappa shape index (κ1) is 16.7. The van der Waals surface area contributed by atoms with E-state index >= 15 is 0 Å². The highest BCUT2D eigenvalue weighted by Crippen LogP contribution is 2.26. The van der Waals surface area contributed by atoms with E-state index in [0.29, 0.717) is 17.5 Å². The van der Waals surface area contributed by atoms with E-state index in [1.165, 1.54) is 5.56 Å². The number of thioether (sulfide) groups is 1. The van der Waals surface area contributed by atoms with Gasteiger partial charge >= 0.3 is 0 Å². The highest BCUT2D eigenvalue weighted by atomic mass is 32.2. The molecule has 3 rings (SSSR count). The fourth-order valence-electron chi connectivity index (χ4n) is 2.41. The average Bonchev–Trinajstić information content (AvgIpc) is 3.18. The van der Waals surface area contributed by atoms with Gasteiger partial charge in [0.05, 0.1) is 5.75 Å². The van der Waals surface area contributed by atoms with Gasteiger partial charge in [-0.05, 0) is 18.9 Å². The van der Waals surface area contributed by atoms with Crippen molar-refractivity contribution in [1.29, 1.82) is 0 Å². The van der Waals surface area contributed by atoms with Gasteiger partial charge < -0.3 is 9.09 Å². The van der Waals surface area contributed by atoms with Crippen molar-refractivity contribution >= 4 is 11.8 Å². The number of hydrogen-bond acceptors (Lipinski definition) is 6. The molecular weight excluding hydrogens is 322 g/mol. The lowest BCUT2D eigenvalue weighted by Gasteiger charge is -2.05. The third-order valence-corrected chi connectivity index (χ3v) is 4.82. The second-order valence-electron chi connectivity index (χ2n) is 5.68. The molecule has 0 fully saturated rings. The van der Waals surface area contributed by atoms with Crippen molar-refractivity contribution in [2.45, 2.75) is 44.0 Å². The monoisotopic (exact) mass is 343 g/mol. The molecule has 0 N–H and O–H groups in total. The molecule has 6 nitrogen and oxygen atoms in total.